The van der Waals surface area contributed by atoms with E-state index in [1.54, 1.807) is 0 Å². The number of anilines is 1. The molecule has 1 aromatic carbocycles. The van der Waals surface area contributed by atoms with Gasteiger partial charge in [0.25, 0.3) is 0 Å². The molecule has 0 fully saturated rings. The van der Waals surface area contributed by atoms with Crippen LogP contribution in [0.25, 0.3) is 5.69 Å². The lowest BCUT2D eigenvalue weighted by molar-refractivity contribution is -0.0384. The third kappa shape index (κ3) is 3.73. The smallest absolute Gasteiger partial charge is 0.388 e. The SMILES string of the molecule is NC(=S)c1nn(-c2c(Cl)cc(CF)cc2Cl)c(N)c1S(=O)C(F)(F)F. The molecule has 1 atom stereocenters. The molecule has 0 saturated heterocycles. The number of rotatable bonds is 4. The van der Waals surface area contributed by atoms with Crippen LogP contribution in [-0.2, 0) is 17.5 Å². The number of hydrogen-bond acceptors (Lipinski definition) is 4. The molecule has 1 aromatic heterocycles. The Hall–Kier alpha value is -1.43. The Morgan fingerprint density at radius 2 is 1.84 bits per heavy atom. The van der Waals surface area contributed by atoms with Crippen LogP contribution in [0.2, 0.25) is 10.0 Å². The minimum absolute atomic E-state index is 0.124. The molecule has 0 saturated carbocycles. The highest BCUT2D eigenvalue weighted by atomic mass is 35.5. The number of nitrogens with zero attached hydrogens (tertiary/aromatic N) is 2. The second-order valence-electron chi connectivity index (χ2n) is 4.60. The summed E-state index contributed by atoms with van der Waals surface area (Å²) in [5, 5.41) is 3.50. The molecule has 136 valence electrons. The molecular formula is C12H8Cl2F4N4OS2. The molecule has 0 spiro atoms. The molecule has 2 aromatic rings. The fourth-order valence-electron chi connectivity index (χ4n) is 1.94. The molecule has 0 aliphatic carbocycles. The Balaban J connectivity index is 2.78. The highest BCUT2D eigenvalue weighted by Crippen LogP contribution is 2.37. The molecule has 25 heavy (non-hydrogen) atoms. The van der Waals surface area contributed by atoms with Gasteiger partial charge in [0, 0.05) is 0 Å². The van der Waals surface area contributed by atoms with Crippen LogP contribution < -0.4 is 11.5 Å². The maximum absolute atomic E-state index is 12.9. The number of nitrogens with two attached hydrogens (primary N) is 2. The van der Waals surface area contributed by atoms with Crippen molar-refractivity contribution < 1.29 is 21.8 Å². The summed E-state index contributed by atoms with van der Waals surface area (Å²) in [7, 11) is -3.54. The lowest BCUT2D eigenvalue weighted by Crippen LogP contribution is -2.21. The van der Waals surface area contributed by atoms with Gasteiger partial charge in [0.1, 0.15) is 33.8 Å². The van der Waals surface area contributed by atoms with Crippen LogP contribution in [0, 0.1) is 0 Å². The largest absolute Gasteiger partial charge is 0.476 e. The number of benzene rings is 1. The summed E-state index contributed by atoms with van der Waals surface area (Å²) in [5.74, 6) is -0.657. The van der Waals surface area contributed by atoms with Crippen molar-refractivity contribution in [3.63, 3.8) is 0 Å². The van der Waals surface area contributed by atoms with Gasteiger partial charge in [0.2, 0.25) is 0 Å². The van der Waals surface area contributed by atoms with E-state index in [-0.39, 0.29) is 21.3 Å². The average Bonchev–Trinajstić information content (AvgIpc) is 2.82. The monoisotopic (exact) mass is 434 g/mol. The van der Waals surface area contributed by atoms with E-state index in [0.717, 1.165) is 4.68 Å². The third-order valence-corrected chi connectivity index (χ3v) is 4.91. The van der Waals surface area contributed by atoms with E-state index in [1.165, 1.54) is 12.1 Å². The molecule has 1 unspecified atom stereocenters. The van der Waals surface area contributed by atoms with Crippen molar-refractivity contribution in [1.29, 1.82) is 0 Å². The topological polar surface area (TPSA) is 86.9 Å². The first-order valence-electron chi connectivity index (χ1n) is 6.20. The van der Waals surface area contributed by atoms with Crippen LogP contribution in [-0.4, -0.2) is 24.5 Å². The number of hydrogen-bond donors (Lipinski definition) is 2. The van der Waals surface area contributed by atoms with Gasteiger partial charge < -0.3 is 11.5 Å². The summed E-state index contributed by atoms with van der Waals surface area (Å²) in [4.78, 5) is -1.45. The molecule has 0 bridgehead atoms. The summed E-state index contributed by atoms with van der Waals surface area (Å²) >= 11 is 16.7. The minimum atomic E-state index is -5.12. The molecule has 4 N–H and O–H groups in total. The van der Waals surface area contributed by atoms with Crippen LogP contribution in [0.15, 0.2) is 17.0 Å². The highest BCUT2D eigenvalue weighted by molar-refractivity contribution is 7.86. The van der Waals surface area contributed by atoms with Gasteiger partial charge in [-0.2, -0.15) is 18.3 Å². The summed E-state index contributed by atoms with van der Waals surface area (Å²) < 4.78 is 63.8. The van der Waals surface area contributed by atoms with Crippen molar-refractivity contribution in [3.05, 3.63) is 33.4 Å². The molecule has 13 heteroatoms. The molecule has 0 amide bonds. The fraction of sp³-hybridized carbons (Fsp3) is 0.167. The average molecular weight is 435 g/mol. The van der Waals surface area contributed by atoms with Gasteiger partial charge in [-0.1, -0.05) is 35.4 Å². The second-order valence-corrected chi connectivity index (χ2v) is 7.26. The van der Waals surface area contributed by atoms with Gasteiger partial charge in [-0.3, -0.25) is 0 Å². The number of alkyl halides is 4. The normalized spacial score (nSPS) is 13.0. The zero-order chi connectivity index (χ0) is 19.1. The van der Waals surface area contributed by atoms with Crippen molar-refractivity contribution >= 4 is 57.0 Å². The molecule has 0 aliphatic heterocycles. The molecule has 1 heterocycles. The lowest BCUT2D eigenvalue weighted by Gasteiger charge is -2.11. The van der Waals surface area contributed by atoms with Gasteiger partial charge >= 0.3 is 5.51 Å². The lowest BCUT2D eigenvalue weighted by atomic mass is 10.2. The third-order valence-electron chi connectivity index (χ3n) is 2.95. The Morgan fingerprint density at radius 3 is 2.24 bits per heavy atom. The van der Waals surface area contributed by atoms with Crippen molar-refractivity contribution in [1.82, 2.24) is 9.78 Å². The van der Waals surface area contributed by atoms with Crippen LogP contribution in [0.5, 0.6) is 0 Å². The Bertz CT molecular complexity index is 862. The molecule has 5 nitrogen and oxygen atoms in total. The first kappa shape index (κ1) is 19.9. The van der Waals surface area contributed by atoms with Gasteiger partial charge in [0.15, 0.2) is 10.8 Å². The van der Waals surface area contributed by atoms with Gasteiger partial charge in [-0.05, 0) is 17.7 Å². The van der Waals surface area contributed by atoms with Crippen molar-refractivity contribution in [2.75, 3.05) is 5.73 Å². The van der Waals surface area contributed by atoms with Gasteiger partial charge in [0.05, 0.1) is 10.0 Å². The van der Waals surface area contributed by atoms with Crippen LogP contribution in [0.3, 0.4) is 0 Å². The van der Waals surface area contributed by atoms with E-state index in [4.69, 9.17) is 34.7 Å². The van der Waals surface area contributed by atoms with Gasteiger partial charge in [-0.25, -0.2) is 13.3 Å². The predicted octanol–water partition coefficient (Wildman–Crippen LogP) is 3.49. The van der Waals surface area contributed by atoms with E-state index < -0.39 is 44.4 Å². The first-order valence-corrected chi connectivity index (χ1v) is 8.51. The van der Waals surface area contributed by atoms with Crippen molar-refractivity contribution in [2.45, 2.75) is 17.1 Å². The maximum Gasteiger partial charge on any atom is 0.476 e. The summed E-state index contributed by atoms with van der Waals surface area (Å²) in [6.45, 7) is -0.865. The Morgan fingerprint density at radius 1 is 1.32 bits per heavy atom. The maximum atomic E-state index is 12.9. The number of thiocarbonyl (C=S) groups is 1. The molecule has 0 aliphatic rings. The second kappa shape index (κ2) is 7.06. The zero-order valence-corrected chi connectivity index (χ0v) is 15.0. The first-order chi connectivity index (χ1) is 11.5. The molecule has 2 rings (SSSR count). The van der Waals surface area contributed by atoms with E-state index in [0.29, 0.717) is 0 Å². The molecular weight excluding hydrogens is 427 g/mol. The fourth-order valence-corrected chi connectivity index (χ4v) is 3.68. The van der Waals surface area contributed by atoms with E-state index in [1.807, 2.05) is 0 Å². The summed E-state index contributed by atoms with van der Waals surface area (Å²) in [6.07, 6.45) is 0. The van der Waals surface area contributed by atoms with E-state index in [9.17, 15) is 21.8 Å². The summed E-state index contributed by atoms with van der Waals surface area (Å²) in [6, 6.07) is 2.40. The van der Waals surface area contributed by atoms with Crippen molar-refractivity contribution in [3.8, 4) is 5.69 Å². The number of aromatic nitrogens is 2. The molecule has 0 radical (unpaired) electrons. The standard InChI is InChI=1S/C12H8Cl2F4N4OS2/c13-5-1-4(3-15)2-6(14)8(5)22-10(19)9(7(21-22)11(20)24)25(23)12(16,17)18/h1-2H,3,19H2,(H2,20,24). The van der Waals surface area contributed by atoms with Crippen LogP contribution in [0.1, 0.15) is 11.3 Å². The number of halogens is 6. The van der Waals surface area contributed by atoms with Crippen LogP contribution in [0.4, 0.5) is 23.4 Å². The predicted molar refractivity (Wildman–Crippen MR) is 91.2 cm³/mol. The summed E-state index contributed by atoms with van der Waals surface area (Å²) in [5.41, 5.74) is 5.36. The zero-order valence-electron chi connectivity index (χ0n) is 11.9. The van der Waals surface area contributed by atoms with E-state index >= 15 is 0 Å². The van der Waals surface area contributed by atoms with Crippen molar-refractivity contribution in [2.24, 2.45) is 5.73 Å². The van der Waals surface area contributed by atoms with Gasteiger partial charge in [-0.15, -0.1) is 0 Å². The minimum Gasteiger partial charge on any atom is -0.388 e. The van der Waals surface area contributed by atoms with Crippen LogP contribution >= 0.6 is 35.4 Å². The number of nitrogen functional groups attached to an aromatic ring is 1. The van der Waals surface area contributed by atoms with E-state index in [2.05, 4.69) is 17.3 Å². The Labute approximate surface area is 156 Å². The quantitative estimate of drug-likeness (QED) is 0.567. The Kier molecular flexibility index (Phi) is 5.62. The highest BCUT2D eigenvalue weighted by Gasteiger charge is 2.42.